The van der Waals surface area contributed by atoms with E-state index in [9.17, 15) is 9.59 Å². The number of thiocarbonyl (C=S) groups is 1. The maximum atomic E-state index is 12.5. The molecule has 1 amide bonds. The molecule has 0 aromatic heterocycles. The molecular weight excluding hydrogens is 354 g/mol. The lowest BCUT2D eigenvalue weighted by Crippen LogP contribution is -2.30. The molecule has 1 aromatic carbocycles. The Hall–Kier alpha value is -1.66. The number of aryl methyl sites for hydroxylation is 1. The summed E-state index contributed by atoms with van der Waals surface area (Å²) >= 11 is 6.56. The summed E-state index contributed by atoms with van der Waals surface area (Å²) in [6, 6.07) is 8.10. The van der Waals surface area contributed by atoms with E-state index in [0.29, 0.717) is 15.8 Å². The number of hydrogen-bond acceptors (Lipinski definition) is 5. The van der Waals surface area contributed by atoms with Crippen molar-refractivity contribution in [2.45, 2.75) is 39.5 Å². The molecule has 134 valence electrons. The summed E-state index contributed by atoms with van der Waals surface area (Å²) < 4.78 is 5.60. The van der Waals surface area contributed by atoms with Crippen LogP contribution in [0.3, 0.4) is 0 Å². The largest absolute Gasteiger partial charge is 0.466 e. The number of esters is 1. The summed E-state index contributed by atoms with van der Waals surface area (Å²) in [5, 5.41) is 0. The van der Waals surface area contributed by atoms with Gasteiger partial charge in [0.1, 0.15) is 4.32 Å². The van der Waals surface area contributed by atoms with E-state index in [0.717, 1.165) is 24.8 Å². The molecule has 0 saturated carbocycles. The van der Waals surface area contributed by atoms with Gasteiger partial charge in [-0.3, -0.25) is 14.5 Å². The maximum absolute atomic E-state index is 12.5. The van der Waals surface area contributed by atoms with E-state index in [1.165, 1.54) is 22.2 Å². The molecule has 2 rings (SSSR count). The molecule has 1 aliphatic heterocycles. The molecule has 25 heavy (non-hydrogen) atoms. The molecule has 0 radical (unpaired) electrons. The van der Waals surface area contributed by atoms with Crippen molar-refractivity contribution in [3.05, 3.63) is 40.3 Å². The van der Waals surface area contributed by atoms with Crippen molar-refractivity contribution in [1.29, 1.82) is 0 Å². The molecule has 0 spiro atoms. The van der Waals surface area contributed by atoms with E-state index in [-0.39, 0.29) is 24.8 Å². The Morgan fingerprint density at radius 3 is 2.64 bits per heavy atom. The molecule has 0 aliphatic carbocycles. The van der Waals surface area contributed by atoms with Crippen LogP contribution in [0.1, 0.15) is 44.2 Å². The minimum atomic E-state index is -0.290. The van der Waals surface area contributed by atoms with Crippen LogP contribution < -0.4 is 0 Å². The molecule has 0 unspecified atom stereocenters. The molecule has 0 N–H and O–H groups in total. The smallest absolute Gasteiger partial charge is 0.307 e. The second-order valence-electron chi connectivity index (χ2n) is 5.75. The average Bonchev–Trinajstić information content (AvgIpc) is 2.87. The normalized spacial score (nSPS) is 15.9. The van der Waals surface area contributed by atoms with Crippen LogP contribution in [0.4, 0.5) is 0 Å². The lowest BCUT2D eigenvalue weighted by molar-refractivity contribution is -0.144. The van der Waals surface area contributed by atoms with Gasteiger partial charge >= 0.3 is 5.97 Å². The van der Waals surface area contributed by atoms with Crippen molar-refractivity contribution < 1.29 is 14.3 Å². The van der Waals surface area contributed by atoms with Crippen molar-refractivity contribution in [2.24, 2.45) is 0 Å². The second-order valence-corrected chi connectivity index (χ2v) is 7.43. The Labute approximate surface area is 158 Å². The zero-order chi connectivity index (χ0) is 18.2. The molecule has 4 nitrogen and oxygen atoms in total. The van der Waals surface area contributed by atoms with E-state index in [1.807, 2.05) is 25.1 Å². The van der Waals surface area contributed by atoms with Crippen molar-refractivity contribution in [2.75, 3.05) is 13.2 Å². The molecule has 6 heteroatoms. The topological polar surface area (TPSA) is 46.6 Å². The Bertz CT molecular complexity index is 668. The highest BCUT2D eigenvalue weighted by atomic mass is 32.2. The lowest BCUT2D eigenvalue weighted by Gasteiger charge is -2.13. The van der Waals surface area contributed by atoms with Gasteiger partial charge in [0.05, 0.1) is 17.9 Å². The molecule has 1 aromatic rings. The second kappa shape index (κ2) is 9.73. The third-order valence-corrected chi connectivity index (χ3v) is 5.24. The van der Waals surface area contributed by atoms with Crippen molar-refractivity contribution in [3.8, 4) is 0 Å². The van der Waals surface area contributed by atoms with Crippen LogP contribution in [-0.4, -0.2) is 34.2 Å². The fraction of sp³-hybridized carbons (Fsp3) is 0.421. The predicted octanol–water partition coefficient (Wildman–Crippen LogP) is 4.18. The minimum Gasteiger partial charge on any atom is -0.466 e. The van der Waals surface area contributed by atoms with Crippen LogP contribution in [0.5, 0.6) is 0 Å². The molecule has 1 heterocycles. The van der Waals surface area contributed by atoms with Gasteiger partial charge in [0.2, 0.25) is 0 Å². The first-order valence-corrected chi connectivity index (χ1v) is 9.77. The zero-order valence-corrected chi connectivity index (χ0v) is 16.3. The van der Waals surface area contributed by atoms with Gasteiger partial charge in [-0.1, -0.05) is 68.5 Å². The summed E-state index contributed by atoms with van der Waals surface area (Å²) in [4.78, 5) is 26.3. The fourth-order valence-corrected chi connectivity index (χ4v) is 3.61. The highest BCUT2D eigenvalue weighted by Crippen LogP contribution is 2.32. The van der Waals surface area contributed by atoms with Crippen molar-refractivity contribution in [1.82, 2.24) is 4.90 Å². The van der Waals surface area contributed by atoms with Crippen LogP contribution in [0.2, 0.25) is 0 Å². The molecule has 0 atom stereocenters. The molecule has 1 saturated heterocycles. The Balaban J connectivity index is 1.94. The number of ether oxygens (including phenoxy) is 1. The van der Waals surface area contributed by atoms with Gasteiger partial charge in [-0.15, -0.1) is 0 Å². The highest BCUT2D eigenvalue weighted by Gasteiger charge is 2.32. The lowest BCUT2D eigenvalue weighted by atomic mass is 10.1. The Morgan fingerprint density at radius 1 is 1.28 bits per heavy atom. The van der Waals surface area contributed by atoms with E-state index < -0.39 is 0 Å². The number of amides is 1. The van der Waals surface area contributed by atoms with Crippen LogP contribution in [-0.2, 0) is 20.7 Å². The number of carbonyl (C=O) groups is 2. The first-order chi connectivity index (χ1) is 12.0. The molecule has 1 fully saturated rings. The van der Waals surface area contributed by atoms with Crippen LogP contribution >= 0.6 is 24.0 Å². The van der Waals surface area contributed by atoms with Gasteiger partial charge in [0.25, 0.3) is 5.91 Å². The first-order valence-electron chi connectivity index (χ1n) is 8.55. The van der Waals surface area contributed by atoms with Gasteiger partial charge < -0.3 is 4.74 Å². The number of hydrogen-bond donors (Lipinski definition) is 0. The summed E-state index contributed by atoms with van der Waals surface area (Å²) in [7, 11) is 0. The summed E-state index contributed by atoms with van der Waals surface area (Å²) in [5.41, 5.74) is 2.22. The molecule has 1 aliphatic rings. The number of carbonyl (C=O) groups excluding carboxylic acids is 2. The third kappa shape index (κ3) is 5.68. The van der Waals surface area contributed by atoms with E-state index >= 15 is 0 Å². The highest BCUT2D eigenvalue weighted by molar-refractivity contribution is 8.26. The van der Waals surface area contributed by atoms with Crippen molar-refractivity contribution in [3.63, 3.8) is 0 Å². The summed E-state index contributed by atoms with van der Waals surface area (Å²) in [5.74, 6) is -0.433. The van der Waals surface area contributed by atoms with Gasteiger partial charge in [0, 0.05) is 6.54 Å². The summed E-state index contributed by atoms with van der Waals surface area (Å²) in [6.45, 7) is 4.84. The molecular formula is C19H23NO3S2. The minimum absolute atomic E-state index is 0.143. The predicted molar refractivity (Wildman–Crippen MR) is 106 cm³/mol. The number of thioether (sulfide) groups is 1. The number of nitrogens with zero attached hydrogens (tertiary/aromatic N) is 1. The van der Waals surface area contributed by atoms with Gasteiger partial charge in [0.15, 0.2) is 0 Å². The van der Waals surface area contributed by atoms with E-state index in [4.69, 9.17) is 17.0 Å². The van der Waals surface area contributed by atoms with Crippen LogP contribution in [0.25, 0.3) is 6.08 Å². The number of rotatable bonds is 8. The Morgan fingerprint density at radius 2 is 2.00 bits per heavy atom. The van der Waals surface area contributed by atoms with Gasteiger partial charge in [-0.05, 0) is 30.0 Å². The van der Waals surface area contributed by atoms with Crippen molar-refractivity contribution >= 4 is 46.3 Å². The maximum Gasteiger partial charge on any atom is 0.307 e. The zero-order valence-electron chi connectivity index (χ0n) is 14.6. The van der Waals surface area contributed by atoms with E-state index in [1.54, 1.807) is 0 Å². The summed E-state index contributed by atoms with van der Waals surface area (Å²) in [6.07, 6.45) is 4.82. The Kier molecular flexibility index (Phi) is 7.65. The van der Waals surface area contributed by atoms with Crippen LogP contribution in [0, 0.1) is 0 Å². The number of benzene rings is 1. The molecule has 0 bridgehead atoms. The van der Waals surface area contributed by atoms with Gasteiger partial charge in [-0.2, -0.15) is 0 Å². The SMILES string of the molecule is CCCCOC(=O)CCN1C(=O)/C(=C/c2ccc(CC)cc2)SC1=S. The number of unbranched alkanes of at least 4 members (excludes halogenated alkanes) is 1. The van der Waals surface area contributed by atoms with Crippen LogP contribution in [0.15, 0.2) is 29.2 Å². The monoisotopic (exact) mass is 377 g/mol. The quantitative estimate of drug-likeness (QED) is 0.294. The van der Waals surface area contributed by atoms with E-state index in [2.05, 4.69) is 19.1 Å². The third-order valence-electron chi connectivity index (χ3n) is 3.86. The van der Waals surface area contributed by atoms with Gasteiger partial charge in [-0.25, -0.2) is 0 Å². The average molecular weight is 378 g/mol. The first kappa shape index (κ1) is 19.7. The standard InChI is InChI=1S/C19H23NO3S2/c1-3-5-12-23-17(21)10-11-20-18(22)16(25-19(20)24)13-15-8-6-14(4-2)7-9-15/h6-9,13H,3-5,10-12H2,1-2H3/b16-13-. The fourth-order valence-electron chi connectivity index (χ4n) is 2.30.